The molecule has 0 radical (unpaired) electrons. The van der Waals surface area contributed by atoms with Crippen molar-refractivity contribution in [3.63, 3.8) is 0 Å². The summed E-state index contributed by atoms with van der Waals surface area (Å²) in [6, 6.07) is 7.61. The highest BCUT2D eigenvalue weighted by Gasteiger charge is 2.20. The molecule has 4 rings (SSSR count). The minimum Gasteiger partial charge on any atom is -0.351 e. The van der Waals surface area contributed by atoms with Gasteiger partial charge in [0.25, 0.3) is 5.56 Å². The number of nitrogens with one attached hydrogen (secondary N) is 2. The first-order valence-electron chi connectivity index (χ1n) is 7.47. The Bertz CT molecular complexity index is 895. The fourth-order valence-corrected chi connectivity index (χ4v) is 3.05. The highest BCUT2D eigenvalue weighted by atomic mass is 16.1. The van der Waals surface area contributed by atoms with Gasteiger partial charge in [0.15, 0.2) is 0 Å². The summed E-state index contributed by atoms with van der Waals surface area (Å²) in [4.78, 5) is 23.9. The van der Waals surface area contributed by atoms with Gasteiger partial charge in [-0.25, -0.2) is 9.97 Å². The molecule has 0 saturated heterocycles. The number of rotatable bonds is 2. The van der Waals surface area contributed by atoms with Gasteiger partial charge >= 0.3 is 0 Å². The standard InChI is InChI=1S/C16H17N5O/c1-10-8-21-9-11(6-7-14(21)17-10)18-16-19-13-5-3-2-4-12(13)15(22)20-16/h2-5,8,11H,6-7,9H2,1H3,(H2,18,19,20,22). The van der Waals surface area contributed by atoms with Crippen LogP contribution in [0, 0.1) is 6.92 Å². The Morgan fingerprint density at radius 2 is 2.18 bits per heavy atom. The van der Waals surface area contributed by atoms with Gasteiger partial charge in [0.05, 0.1) is 16.6 Å². The van der Waals surface area contributed by atoms with Crippen molar-refractivity contribution in [3.8, 4) is 0 Å². The molecule has 3 heterocycles. The number of fused-ring (bicyclic) bond motifs is 2. The van der Waals surface area contributed by atoms with Gasteiger partial charge in [-0.15, -0.1) is 0 Å². The summed E-state index contributed by atoms with van der Waals surface area (Å²) < 4.78 is 2.18. The summed E-state index contributed by atoms with van der Waals surface area (Å²) in [6.45, 7) is 2.85. The van der Waals surface area contributed by atoms with Gasteiger partial charge < -0.3 is 9.88 Å². The highest BCUT2D eigenvalue weighted by molar-refractivity contribution is 5.78. The van der Waals surface area contributed by atoms with Crippen molar-refractivity contribution < 1.29 is 0 Å². The zero-order valence-electron chi connectivity index (χ0n) is 12.3. The summed E-state index contributed by atoms with van der Waals surface area (Å²) in [6.07, 6.45) is 3.98. The number of benzene rings is 1. The van der Waals surface area contributed by atoms with Crippen LogP contribution >= 0.6 is 0 Å². The average Bonchev–Trinajstić information content (AvgIpc) is 2.87. The first-order valence-corrected chi connectivity index (χ1v) is 7.47. The monoisotopic (exact) mass is 295 g/mol. The number of hydrogen-bond acceptors (Lipinski definition) is 4. The molecule has 1 aliphatic rings. The molecule has 0 amide bonds. The van der Waals surface area contributed by atoms with E-state index in [0.29, 0.717) is 16.9 Å². The first kappa shape index (κ1) is 13.1. The smallest absolute Gasteiger partial charge is 0.260 e. The molecule has 1 atom stereocenters. The lowest BCUT2D eigenvalue weighted by Crippen LogP contribution is -2.32. The number of anilines is 1. The summed E-state index contributed by atoms with van der Waals surface area (Å²) in [5.74, 6) is 1.67. The number of aromatic nitrogens is 4. The van der Waals surface area contributed by atoms with Crippen LogP contribution in [0.4, 0.5) is 5.95 Å². The number of imidazole rings is 1. The van der Waals surface area contributed by atoms with Gasteiger partial charge in [0, 0.05) is 25.2 Å². The molecular weight excluding hydrogens is 278 g/mol. The molecule has 6 heteroatoms. The van der Waals surface area contributed by atoms with Crippen molar-refractivity contribution in [2.24, 2.45) is 0 Å². The van der Waals surface area contributed by atoms with Gasteiger partial charge in [-0.2, -0.15) is 0 Å². The van der Waals surface area contributed by atoms with Crippen molar-refractivity contribution in [1.29, 1.82) is 0 Å². The van der Waals surface area contributed by atoms with Crippen LogP contribution in [0.15, 0.2) is 35.3 Å². The fourth-order valence-electron chi connectivity index (χ4n) is 3.05. The van der Waals surface area contributed by atoms with Crippen LogP contribution < -0.4 is 10.9 Å². The molecule has 3 aromatic rings. The van der Waals surface area contributed by atoms with Gasteiger partial charge in [-0.05, 0) is 25.5 Å². The second-order valence-corrected chi connectivity index (χ2v) is 5.76. The second kappa shape index (κ2) is 4.98. The van der Waals surface area contributed by atoms with Crippen LogP contribution in [0.5, 0.6) is 0 Å². The van der Waals surface area contributed by atoms with Crippen LogP contribution in [0.3, 0.4) is 0 Å². The van der Waals surface area contributed by atoms with Gasteiger partial charge in [-0.1, -0.05) is 12.1 Å². The van der Waals surface area contributed by atoms with Crippen LogP contribution in [0.2, 0.25) is 0 Å². The Morgan fingerprint density at radius 3 is 3.09 bits per heavy atom. The van der Waals surface area contributed by atoms with E-state index < -0.39 is 0 Å². The topological polar surface area (TPSA) is 75.6 Å². The quantitative estimate of drug-likeness (QED) is 0.756. The normalized spacial score (nSPS) is 17.4. The third-order valence-corrected chi connectivity index (χ3v) is 4.07. The van der Waals surface area contributed by atoms with E-state index in [1.807, 2.05) is 25.1 Å². The second-order valence-electron chi connectivity index (χ2n) is 5.76. The van der Waals surface area contributed by atoms with Crippen molar-refractivity contribution in [2.45, 2.75) is 32.4 Å². The van der Waals surface area contributed by atoms with E-state index in [1.54, 1.807) is 6.07 Å². The molecule has 0 fully saturated rings. The molecule has 1 aliphatic heterocycles. The summed E-state index contributed by atoms with van der Waals surface area (Å²) >= 11 is 0. The third kappa shape index (κ3) is 2.26. The maximum Gasteiger partial charge on any atom is 0.260 e. The number of aryl methyl sites for hydroxylation is 2. The Morgan fingerprint density at radius 1 is 1.32 bits per heavy atom. The van der Waals surface area contributed by atoms with E-state index in [0.717, 1.165) is 30.9 Å². The lowest BCUT2D eigenvalue weighted by molar-refractivity contribution is 0.474. The van der Waals surface area contributed by atoms with Crippen LogP contribution in [-0.2, 0) is 13.0 Å². The lowest BCUT2D eigenvalue weighted by atomic mass is 10.1. The van der Waals surface area contributed by atoms with Crippen molar-refractivity contribution in [2.75, 3.05) is 5.32 Å². The highest BCUT2D eigenvalue weighted by Crippen LogP contribution is 2.18. The summed E-state index contributed by atoms with van der Waals surface area (Å²) in [7, 11) is 0. The van der Waals surface area contributed by atoms with E-state index >= 15 is 0 Å². The Balaban J connectivity index is 1.60. The third-order valence-electron chi connectivity index (χ3n) is 4.07. The maximum atomic E-state index is 12.1. The minimum absolute atomic E-state index is 0.108. The van der Waals surface area contributed by atoms with Crippen LogP contribution in [0.25, 0.3) is 10.9 Å². The molecule has 0 bridgehead atoms. The molecule has 2 aromatic heterocycles. The van der Waals surface area contributed by atoms with Gasteiger partial charge in [0.2, 0.25) is 5.95 Å². The van der Waals surface area contributed by atoms with E-state index in [2.05, 4.69) is 31.0 Å². The summed E-state index contributed by atoms with van der Waals surface area (Å²) in [5.41, 5.74) is 1.65. The van der Waals surface area contributed by atoms with Crippen molar-refractivity contribution in [3.05, 3.63) is 52.3 Å². The number of hydrogen-bond donors (Lipinski definition) is 2. The van der Waals surface area contributed by atoms with E-state index in [-0.39, 0.29) is 11.6 Å². The van der Waals surface area contributed by atoms with E-state index in [9.17, 15) is 4.79 Å². The first-order chi connectivity index (χ1) is 10.7. The molecule has 1 unspecified atom stereocenters. The fraction of sp³-hybridized carbons (Fsp3) is 0.312. The van der Waals surface area contributed by atoms with Crippen molar-refractivity contribution >= 4 is 16.9 Å². The molecule has 112 valence electrons. The van der Waals surface area contributed by atoms with Gasteiger partial charge in [-0.3, -0.25) is 9.78 Å². The summed E-state index contributed by atoms with van der Waals surface area (Å²) in [5, 5.41) is 3.96. The number of H-pyrrole nitrogens is 1. The minimum atomic E-state index is -0.108. The largest absolute Gasteiger partial charge is 0.351 e. The molecule has 2 N–H and O–H groups in total. The Kier molecular flexibility index (Phi) is 2.96. The number of para-hydroxylation sites is 1. The lowest BCUT2D eigenvalue weighted by Gasteiger charge is -2.24. The zero-order chi connectivity index (χ0) is 15.1. The average molecular weight is 295 g/mol. The van der Waals surface area contributed by atoms with E-state index in [4.69, 9.17) is 0 Å². The zero-order valence-corrected chi connectivity index (χ0v) is 12.3. The van der Waals surface area contributed by atoms with E-state index in [1.165, 1.54) is 0 Å². The Hall–Kier alpha value is -2.63. The molecule has 0 aliphatic carbocycles. The number of nitrogens with zero attached hydrogens (tertiary/aromatic N) is 3. The van der Waals surface area contributed by atoms with Crippen molar-refractivity contribution in [1.82, 2.24) is 19.5 Å². The molecule has 1 aromatic carbocycles. The maximum absolute atomic E-state index is 12.1. The molecule has 0 saturated carbocycles. The SMILES string of the molecule is Cc1cn2c(n1)CCC(Nc1nc3ccccc3c(=O)[nH]1)C2. The van der Waals surface area contributed by atoms with Gasteiger partial charge in [0.1, 0.15) is 5.82 Å². The number of aromatic amines is 1. The predicted octanol–water partition coefficient (Wildman–Crippen LogP) is 1.85. The molecule has 0 spiro atoms. The van der Waals surface area contributed by atoms with Crippen LogP contribution in [0.1, 0.15) is 17.9 Å². The van der Waals surface area contributed by atoms with Crippen LogP contribution in [-0.4, -0.2) is 25.6 Å². The molecular formula is C16H17N5O. The molecule has 22 heavy (non-hydrogen) atoms. The Labute approximate surface area is 127 Å². The predicted molar refractivity (Wildman–Crippen MR) is 85.1 cm³/mol. The molecule has 6 nitrogen and oxygen atoms in total.